The Hall–Kier alpha value is -2.51. The molecule has 0 bridgehead atoms. The van der Waals surface area contributed by atoms with E-state index in [1.807, 2.05) is 41.8 Å². The highest BCUT2D eigenvalue weighted by Crippen LogP contribution is 2.31. The molecule has 0 saturated heterocycles. The molecule has 0 fully saturated rings. The fourth-order valence-electron chi connectivity index (χ4n) is 2.77. The number of hydrogen-bond acceptors (Lipinski definition) is 5. The lowest BCUT2D eigenvalue weighted by molar-refractivity contribution is 0.757. The minimum atomic E-state index is 0.347. The number of imidazole rings is 1. The van der Waals surface area contributed by atoms with Crippen molar-refractivity contribution in [3.05, 3.63) is 63.6 Å². The van der Waals surface area contributed by atoms with E-state index in [2.05, 4.69) is 30.9 Å². The molecule has 1 aromatic heterocycles. The number of fused-ring (bicyclic) bond motifs is 1. The van der Waals surface area contributed by atoms with E-state index in [9.17, 15) is 0 Å². The van der Waals surface area contributed by atoms with Crippen molar-refractivity contribution in [2.24, 2.45) is 0 Å². The van der Waals surface area contributed by atoms with E-state index in [0.29, 0.717) is 34.9 Å². The predicted octanol–water partition coefficient (Wildman–Crippen LogP) is 4.19. The van der Waals surface area contributed by atoms with E-state index in [1.54, 1.807) is 12.5 Å². The summed E-state index contributed by atoms with van der Waals surface area (Å²) in [5, 5.41) is 0.426. The molecule has 2 N–H and O–H groups in total. The Bertz CT molecular complexity index is 1060. The average molecular weight is 430 g/mol. The van der Waals surface area contributed by atoms with Gasteiger partial charge in [-0.15, -0.1) is 0 Å². The van der Waals surface area contributed by atoms with Gasteiger partial charge in [0.2, 0.25) is 0 Å². The number of halogens is 2. The number of aromatic nitrogens is 5. The number of nitrogen functional groups attached to an aromatic ring is 1. The van der Waals surface area contributed by atoms with E-state index in [0.717, 1.165) is 21.2 Å². The van der Waals surface area contributed by atoms with Crippen LogP contribution < -0.4 is 5.73 Å². The third-order valence-corrected chi connectivity index (χ3v) is 5.22. The van der Waals surface area contributed by atoms with Crippen LogP contribution in [0.5, 0.6) is 0 Å². The Labute approximate surface area is 163 Å². The number of anilines is 1. The molecule has 8 heteroatoms. The molecule has 26 heavy (non-hydrogen) atoms. The normalized spacial score (nSPS) is 11.2. The van der Waals surface area contributed by atoms with Gasteiger partial charge in [-0.25, -0.2) is 19.9 Å². The van der Waals surface area contributed by atoms with Crippen LogP contribution in [0.4, 0.5) is 5.82 Å². The van der Waals surface area contributed by atoms with Crippen LogP contribution in [-0.4, -0.2) is 24.5 Å². The Balaban J connectivity index is 1.85. The van der Waals surface area contributed by atoms with Crippen LogP contribution in [0.2, 0.25) is 5.15 Å². The molecule has 2 aromatic rings. The average Bonchev–Trinajstić information content (AvgIpc) is 3.07. The smallest absolute Gasteiger partial charge is 0.166 e. The van der Waals surface area contributed by atoms with Gasteiger partial charge in [-0.3, -0.25) is 0 Å². The highest BCUT2D eigenvalue weighted by molar-refractivity contribution is 9.10. The molecule has 0 saturated carbocycles. The van der Waals surface area contributed by atoms with Gasteiger partial charge in [0.25, 0.3) is 0 Å². The maximum Gasteiger partial charge on any atom is 0.166 e. The first-order chi connectivity index (χ1) is 12.5. The summed E-state index contributed by atoms with van der Waals surface area (Å²) in [4.78, 5) is 17.7. The molecule has 1 aromatic carbocycles. The Morgan fingerprint density at radius 3 is 2.73 bits per heavy atom. The van der Waals surface area contributed by atoms with E-state index >= 15 is 0 Å². The molecule has 0 radical (unpaired) electrons. The molecule has 3 heterocycles. The van der Waals surface area contributed by atoms with Gasteiger partial charge < -0.3 is 10.3 Å². The van der Waals surface area contributed by atoms with E-state index < -0.39 is 0 Å². The fraction of sp³-hybridized carbons (Fsp3) is 0.111. The molecular formula is C18H14BrClN6. The predicted molar refractivity (Wildman–Crippen MR) is 105 cm³/mol. The van der Waals surface area contributed by atoms with Gasteiger partial charge >= 0.3 is 0 Å². The van der Waals surface area contributed by atoms with Gasteiger partial charge in [-0.1, -0.05) is 51.8 Å². The zero-order chi connectivity index (χ0) is 18.3. The van der Waals surface area contributed by atoms with Gasteiger partial charge in [0.1, 0.15) is 5.15 Å². The van der Waals surface area contributed by atoms with Crippen molar-refractivity contribution in [2.45, 2.75) is 13.5 Å². The quantitative estimate of drug-likeness (QED) is 0.494. The van der Waals surface area contributed by atoms with Gasteiger partial charge in [0.15, 0.2) is 23.2 Å². The minimum absolute atomic E-state index is 0.347. The van der Waals surface area contributed by atoms with Gasteiger partial charge in [-0.2, -0.15) is 0 Å². The molecule has 0 unspecified atom stereocenters. The first-order valence-corrected chi connectivity index (χ1v) is 9.05. The first-order valence-electron chi connectivity index (χ1n) is 7.88. The van der Waals surface area contributed by atoms with Crippen molar-refractivity contribution in [2.75, 3.05) is 5.73 Å². The van der Waals surface area contributed by atoms with Crippen LogP contribution in [0.1, 0.15) is 11.1 Å². The summed E-state index contributed by atoms with van der Waals surface area (Å²) in [6.07, 6.45) is 3.29. The lowest BCUT2D eigenvalue weighted by atomic mass is 10.1. The van der Waals surface area contributed by atoms with Crippen LogP contribution in [0, 0.1) is 6.92 Å². The summed E-state index contributed by atoms with van der Waals surface area (Å²) < 4.78 is 2.74. The van der Waals surface area contributed by atoms with Gasteiger partial charge in [0.05, 0.1) is 12.9 Å². The number of hydrogen-bond donors (Lipinski definition) is 1. The van der Waals surface area contributed by atoms with Crippen LogP contribution in [0.3, 0.4) is 0 Å². The number of benzene rings is 1. The van der Waals surface area contributed by atoms with E-state index in [1.165, 1.54) is 0 Å². The molecule has 4 rings (SSSR count). The van der Waals surface area contributed by atoms with Crippen LogP contribution in [0.25, 0.3) is 22.9 Å². The largest absolute Gasteiger partial charge is 0.382 e. The maximum absolute atomic E-state index is 6.25. The number of nitrogens with two attached hydrogens (primary N) is 1. The summed E-state index contributed by atoms with van der Waals surface area (Å²) in [6.45, 7) is 2.47. The molecule has 6 nitrogen and oxygen atoms in total. The van der Waals surface area contributed by atoms with Gasteiger partial charge in [-0.05, 0) is 18.6 Å². The SMILES string of the molecule is Cc1ccccc1-c1nc2c(N)ncn(Cc3c(Br)ccnc3Cl)c-2n1. The van der Waals surface area contributed by atoms with Crippen molar-refractivity contribution < 1.29 is 0 Å². The highest BCUT2D eigenvalue weighted by atomic mass is 79.9. The molecule has 130 valence electrons. The highest BCUT2D eigenvalue weighted by Gasteiger charge is 2.21. The second-order valence-electron chi connectivity index (χ2n) is 5.85. The molecule has 2 aliphatic heterocycles. The maximum atomic E-state index is 6.25. The lowest BCUT2D eigenvalue weighted by Crippen LogP contribution is -2.10. The number of nitrogens with zero attached hydrogens (tertiary/aromatic N) is 5. The Morgan fingerprint density at radius 1 is 1.15 bits per heavy atom. The lowest BCUT2D eigenvalue weighted by Gasteiger charge is -2.13. The zero-order valence-electron chi connectivity index (χ0n) is 13.8. The number of pyridine rings is 1. The molecule has 2 aliphatic rings. The van der Waals surface area contributed by atoms with Gasteiger partial charge in [0, 0.05) is 21.8 Å². The van der Waals surface area contributed by atoms with Crippen molar-refractivity contribution in [3.63, 3.8) is 0 Å². The number of rotatable bonds is 3. The van der Waals surface area contributed by atoms with Crippen LogP contribution >= 0.6 is 27.5 Å². The summed E-state index contributed by atoms with van der Waals surface area (Å²) >= 11 is 9.76. The van der Waals surface area contributed by atoms with Crippen molar-refractivity contribution in [1.82, 2.24) is 24.5 Å². The minimum Gasteiger partial charge on any atom is -0.382 e. The second-order valence-corrected chi connectivity index (χ2v) is 7.07. The first kappa shape index (κ1) is 16.9. The topological polar surface area (TPSA) is 82.5 Å². The molecule has 0 atom stereocenters. The van der Waals surface area contributed by atoms with E-state index in [4.69, 9.17) is 22.3 Å². The van der Waals surface area contributed by atoms with Crippen molar-refractivity contribution in [3.8, 4) is 22.9 Å². The number of aryl methyl sites for hydroxylation is 1. The van der Waals surface area contributed by atoms with Crippen molar-refractivity contribution >= 4 is 33.3 Å². The standard InChI is InChI=1S/C18H14BrClN6/c1-10-4-2-3-5-11(10)17-24-14-16(21)23-9-26(18(14)25-17)8-12-13(19)6-7-22-15(12)20/h2-7,9H,8,21H2,1H3. The monoisotopic (exact) mass is 428 g/mol. The van der Waals surface area contributed by atoms with Crippen LogP contribution in [-0.2, 0) is 6.54 Å². The third kappa shape index (κ3) is 2.93. The summed E-state index contributed by atoms with van der Waals surface area (Å²) in [6, 6.07) is 9.81. The van der Waals surface area contributed by atoms with Crippen molar-refractivity contribution in [1.29, 1.82) is 0 Å². The van der Waals surface area contributed by atoms with Crippen LogP contribution in [0.15, 0.2) is 47.3 Å². The molecule has 0 spiro atoms. The fourth-order valence-corrected chi connectivity index (χ4v) is 3.53. The summed E-state index contributed by atoms with van der Waals surface area (Å²) in [5.41, 5.74) is 9.51. The second kappa shape index (κ2) is 6.66. The zero-order valence-corrected chi connectivity index (χ0v) is 16.2. The Morgan fingerprint density at radius 2 is 1.96 bits per heavy atom. The molecule has 0 aliphatic carbocycles. The Kier molecular flexibility index (Phi) is 4.34. The molecular weight excluding hydrogens is 416 g/mol. The summed E-state index contributed by atoms with van der Waals surface area (Å²) in [7, 11) is 0. The third-order valence-electron chi connectivity index (χ3n) is 4.15. The summed E-state index contributed by atoms with van der Waals surface area (Å²) in [5.74, 6) is 1.63. The van der Waals surface area contributed by atoms with E-state index in [-0.39, 0.29) is 0 Å². The molecule has 0 amide bonds.